The molecule has 0 spiro atoms. The van der Waals surface area contributed by atoms with E-state index in [0.717, 1.165) is 102 Å². The molecule has 52 heavy (non-hydrogen) atoms. The first-order valence-corrected chi connectivity index (χ1v) is 20.1. The summed E-state index contributed by atoms with van der Waals surface area (Å²) in [5.41, 5.74) is 6.16. The van der Waals surface area contributed by atoms with Crippen molar-refractivity contribution in [2.45, 2.75) is 70.3 Å². The highest BCUT2D eigenvalue weighted by atomic mass is 32.2. The molecule has 8 rings (SSSR count). The largest absolute Gasteiger partial charge is 0.393 e. The summed E-state index contributed by atoms with van der Waals surface area (Å²) in [7, 11) is 0. The van der Waals surface area contributed by atoms with Crippen LogP contribution in [0.2, 0.25) is 0 Å². The van der Waals surface area contributed by atoms with Gasteiger partial charge in [-0.1, -0.05) is 47.8 Å². The lowest BCUT2D eigenvalue weighted by atomic mass is 10.1. The van der Waals surface area contributed by atoms with Gasteiger partial charge in [-0.25, -0.2) is 0 Å². The minimum atomic E-state index is -0.117. The molecule has 0 atom stereocenters. The highest BCUT2D eigenvalue weighted by Crippen LogP contribution is 2.49. The smallest absolute Gasteiger partial charge is 0.0992 e. The quantitative estimate of drug-likeness (QED) is 0.185. The zero-order chi connectivity index (χ0) is 35.9. The first kappa shape index (κ1) is 36.4. The number of benzene rings is 4. The molecule has 0 aliphatic carbocycles. The van der Waals surface area contributed by atoms with Crippen LogP contribution in [0.4, 0.5) is 22.7 Å². The zero-order valence-corrected chi connectivity index (χ0v) is 31.2. The average Bonchev–Trinajstić information content (AvgIpc) is 3.18. The van der Waals surface area contributed by atoms with Gasteiger partial charge in [0, 0.05) is 58.9 Å². The van der Waals surface area contributed by atoms with Crippen LogP contribution in [0.15, 0.2) is 105 Å². The SMILES string of the molecule is N#Cc1ccc2c(c1)N(CCCN1CCC(O)CC1)c1ccccc1S2.N#Cc1ccc2c(c1)N(CCCN1CCC(O)CC1)c1ccccc1S2. The van der Waals surface area contributed by atoms with Crippen molar-refractivity contribution in [2.75, 3.05) is 62.2 Å². The molecule has 4 aliphatic rings. The van der Waals surface area contributed by atoms with E-state index in [4.69, 9.17) is 0 Å². The van der Waals surface area contributed by atoms with Gasteiger partial charge in [-0.05, 0) is 112 Å². The molecule has 268 valence electrons. The van der Waals surface area contributed by atoms with E-state index < -0.39 is 0 Å². The van der Waals surface area contributed by atoms with Crippen LogP contribution in [-0.4, -0.2) is 84.6 Å². The summed E-state index contributed by atoms with van der Waals surface area (Å²) in [4.78, 5) is 14.6. The molecular formula is C42H46N6O2S2. The fraction of sp³-hybridized carbons (Fsp3) is 0.381. The van der Waals surface area contributed by atoms with E-state index in [9.17, 15) is 20.7 Å². The summed E-state index contributed by atoms with van der Waals surface area (Å²) in [5.74, 6) is 0. The minimum absolute atomic E-state index is 0.117. The third-order valence-electron chi connectivity index (χ3n) is 10.3. The Kier molecular flexibility index (Phi) is 12.0. The molecule has 8 nitrogen and oxygen atoms in total. The Bertz CT molecular complexity index is 1790. The van der Waals surface area contributed by atoms with E-state index in [1.54, 1.807) is 23.5 Å². The average molecular weight is 731 g/mol. The highest BCUT2D eigenvalue weighted by molar-refractivity contribution is 8.00. The number of piperidine rings is 2. The number of aliphatic hydroxyl groups is 2. The van der Waals surface area contributed by atoms with Crippen LogP contribution in [-0.2, 0) is 0 Å². The Morgan fingerprint density at radius 1 is 0.519 bits per heavy atom. The van der Waals surface area contributed by atoms with Crippen LogP contribution in [0.3, 0.4) is 0 Å². The van der Waals surface area contributed by atoms with Crippen molar-refractivity contribution in [3.8, 4) is 12.1 Å². The molecule has 2 N–H and O–H groups in total. The first-order valence-electron chi connectivity index (χ1n) is 18.5. The van der Waals surface area contributed by atoms with E-state index in [0.29, 0.717) is 11.1 Å². The van der Waals surface area contributed by atoms with Crippen LogP contribution in [0.1, 0.15) is 49.7 Å². The summed E-state index contributed by atoms with van der Waals surface area (Å²) in [6.07, 6.45) is 5.43. The van der Waals surface area contributed by atoms with Crippen LogP contribution in [0.5, 0.6) is 0 Å². The first-order chi connectivity index (χ1) is 25.5. The zero-order valence-electron chi connectivity index (χ0n) is 29.5. The summed E-state index contributed by atoms with van der Waals surface area (Å²) in [6, 6.07) is 33.5. The highest BCUT2D eigenvalue weighted by Gasteiger charge is 2.26. The molecule has 2 saturated heterocycles. The summed E-state index contributed by atoms with van der Waals surface area (Å²) >= 11 is 3.56. The van der Waals surface area contributed by atoms with E-state index in [2.05, 4.69) is 92.4 Å². The summed E-state index contributed by atoms with van der Waals surface area (Å²) in [6.45, 7) is 7.91. The third-order valence-corrected chi connectivity index (χ3v) is 12.6. The molecule has 0 aromatic heterocycles. The molecule has 4 aliphatic heterocycles. The van der Waals surface area contributed by atoms with Crippen LogP contribution in [0.25, 0.3) is 0 Å². The van der Waals surface area contributed by atoms with Gasteiger partial charge >= 0.3 is 0 Å². The Balaban J connectivity index is 0.000000162. The maximum Gasteiger partial charge on any atom is 0.0992 e. The Morgan fingerprint density at radius 2 is 0.904 bits per heavy atom. The number of para-hydroxylation sites is 2. The fourth-order valence-corrected chi connectivity index (χ4v) is 9.62. The number of nitriles is 2. The van der Waals surface area contributed by atoms with Crippen LogP contribution in [0, 0.1) is 22.7 Å². The van der Waals surface area contributed by atoms with Gasteiger partial charge in [0.2, 0.25) is 0 Å². The van der Waals surface area contributed by atoms with Gasteiger partial charge in [-0.2, -0.15) is 10.5 Å². The van der Waals surface area contributed by atoms with Gasteiger partial charge in [0.15, 0.2) is 0 Å². The van der Waals surface area contributed by atoms with Crippen molar-refractivity contribution in [1.82, 2.24) is 9.80 Å². The van der Waals surface area contributed by atoms with E-state index >= 15 is 0 Å². The van der Waals surface area contributed by atoms with Gasteiger partial charge in [0.25, 0.3) is 0 Å². The van der Waals surface area contributed by atoms with Crippen LogP contribution < -0.4 is 9.80 Å². The second-order valence-corrected chi connectivity index (χ2v) is 16.1. The molecule has 4 aromatic rings. The number of fused-ring (bicyclic) bond motifs is 4. The van der Waals surface area contributed by atoms with Crippen molar-refractivity contribution in [1.29, 1.82) is 10.5 Å². The lowest BCUT2D eigenvalue weighted by Crippen LogP contribution is -2.37. The number of aliphatic hydroxyl groups excluding tert-OH is 2. The standard InChI is InChI=1S/2C21H23N3OS/c2*22-15-16-6-7-21-19(14-16)24(18-4-1-2-5-20(18)26-21)11-3-10-23-12-8-17(25)9-13-23/h2*1-2,4-7,14,17,25H,3,8-13H2. The van der Waals surface area contributed by atoms with Crippen molar-refractivity contribution in [3.63, 3.8) is 0 Å². The number of hydrogen-bond acceptors (Lipinski definition) is 10. The maximum atomic E-state index is 9.66. The topological polar surface area (TPSA) is 101 Å². The number of rotatable bonds is 8. The lowest BCUT2D eigenvalue weighted by molar-refractivity contribution is 0.0822. The summed E-state index contributed by atoms with van der Waals surface area (Å²) in [5, 5.41) is 37.9. The molecule has 0 bridgehead atoms. The van der Waals surface area contributed by atoms with Gasteiger partial charge in [0.05, 0.1) is 58.2 Å². The number of anilines is 4. The Labute approximate surface area is 316 Å². The number of nitrogens with zero attached hydrogens (tertiary/aromatic N) is 6. The fourth-order valence-electron chi connectivity index (χ4n) is 7.47. The molecule has 0 radical (unpaired) electrons. The molecule has 2 fully saturated rings. The molecular weight excluding hydrogens is 685 g/mol. The van der Waals surface area contributed by atoms with Gasteiger partial charge in [-0.3, -0.25) is 0 Å². The van der Waals surface area contributed by atoms with Crippen LogP contribution >= 0.6 is 23.5 Å². The van der Waals surface area contributed by atoms with E-state index in [-0.39, 0.29) is 12.2 Å². The predicted molar refractivity (Wildman–Crippen MR) is 210 cm³/mol. The van der Waals surface area contributed by atoms with Crippen molar-refractivity contribution < 1.29 is 10.2 Å². The Morgan fingerprint density at radius 3 is 1.31 bits per heavy atom. The third kappa shape index (κ3) is 8.61. The predicted octanol–water partition coefficient (Wildman–Crippen LogP) is 8.02. The Hall–Kier alpha value is -4.00. The lowest BCUT2D eigenvalue weighted by Gasteiger charge is -2.34. The summed E-state index contributed by atoms with van der Waals surface area (Å²) < 4.78 is 0. The molecule has 0 amide bonds. The van der Waals surface area contributed by atoms with Gasteiger partial charge in [0.1, 0.15) is 0 Å². The second-order valence-electron chi connectivity index (χ2n) is 13.9. The van der Waals surface area contributed by atoms with E-state index in [1.807, 2.05) is 24.3 Å². The van der Waals surface area contributed by atoms with Gasteiger partial charge < -0.3 is 29.8 Å². The van der Waals surface area contributed by atoms with Crippen molar-refractivity contribution in [3.05, 3.63) is 96.1 Å². The number of likely N-dealkylation sites (tertiary alicyclic amines) is 2. The van der Waals surface area contributed by atoms with Gasteiger partial charge in [-0.15, -0.1) is 0 Å². The number of hydrogen-bond donors (Lipinski definition) is 2. The molecule has 0 saturated carbocycles. The molecule has 0 unspecified atom stereocenters. The van der Waals surface area contributed by atoms with Crippen molar-refractivity contribution >= 4 is 46.3 Å². The minimum Gasteiger partial charge on any atom is -0.393 e. The second kappa shape index (κ2) is 17.2. The van der Waals surface area contributed by atoms with E-state index in [1.165, 1.54) is 31.0 Å². The normalized spacial score (nSPS) is 17.5. The maximum absolute atomic E-state index is 9.66. The molecule has 4 heterocycles. The monoisotopic (exact) mass is 730 g/mol. The van der Waals surface area contributed by atoms with Crippen molar-refractivity contribution in [2.24, 2.45) is 0 Å². The molecule has 4 aromatic carbocycles. The molecule has 10 heteroatoms.